The first-order valence-corrected chi connectivity index (χ1v) is 5.97. The quantitative estimate of drug-likeness (QED) is 0.827. The van der Waals surface area contributed by atoms with E-state index in [4.69, 9.17) is 17.3 Å². The van der Waals surface area contributed by atoms with E-state index in [0.29, 0.717) is 23.2 Å². The van der Waals surface area contributed by atoms with E-state index in [2.05, 4.69) is 15.3 Å². The molecule has 0 atom stereocenters. The van der Waals surface area contributed by atoms with Gasteiger partial charge in [-0.1, -0.05) is 11.6 Å². The third kappa shape index (κ3) is 2.84. The lowest BCUT2D eigenvalue weighted by Crippen LogP contribution is -2.02. The van der Waals surface area contributed by atoms with Crippen LogP contribution in [-0.4, -0.2) is 9.97 Å². The Bertz CT molecular complexity index is 477. The summed E-state index contributed by atoms with van der Waals surface area (Å²) in [7, 11) is 0. The van der Waals surface area contributed by atoms with E-state index in [1.54, 1.807) is 23.5 Å². The largest absolute Gasteiger partial charge is 0.399 e. The molecule has 0 aliphatic rings. The zero-order valence-corrected chi connectivity index (χ0v) is 10.3. The molecule has 0 bridgehead atoms. The summed E-state index contributed by atoms with van der Waals surface area (Å²) in [5.74, 6) is 0.663. The van der Waals surface area contributed by atoms with Gasteiger partial charge in [0.15, 0.2) is 0 Å². The number of aryl methyl sites for hydroxylation is 1. The van der Waals surface area contributed by atoms with Gasteiger partial charge < -0.3 is 11.1 Å². The minimum Gasteiger partial charge on any atom is -0.399 e. The molecular weight excluding hydrogens is 244 g/mol. The molecule has 0 aromatic carbocycles. The van der Waals surface area contributed by atoms with E-state index in [0.717, 1.165) is 10.7 Å². The fourth-order valence-electron chi connectivity index (χ4n) is 1.28. The molecule has 0 spiro atoms. The van der Waals surface area contributed by atoms with Gasteiger partial charge in [0.1, 0.15) is 11.0 Å². The van der Waals surface area contributed by atoms with Gasteiger partial charge in [-0.05, 0) is 13.0 Å². The molecule has 0 saturated carbocycles. The normalized spacial score (nSPS) is 10.4. The monoisotopic (exact) mass is 254 g/mol. The number of nitrogens with zero attached hydrogens (tertiary/aromatic N) is 2. The molecule has 2 aromatic heterocycles. The number of nitrogens with two attached hydrogens (primary N) is 1. The van der Waals surface area contributed by atoms with E-state index >= 15 is 0 Å². The highest BCUT2D eigenvalue weighted by molar-refractivity contribution is 7.09. The zero-order valence-electron chi connectivity index (χ0n) is 8.70. The summed E-state index contributed by atoms with van der Waals surface area (Å²) in [6.07, 6.45) is 0. The van der Waals surface area contributed by atoms with Crippen molar-refractivity contribution in [1.82, 2.24) is 9.97 Å². The Labute approximate surface area is 102 Å². The highest BCUT2D eigenvalue weighted by Gasteiger charge is 2.01. The molecule has 2 aromatic rings. The van der Waals surface area contributed by atoms with Crippen LogP contribution in [0.1, 0.15) is 10.7 Å². The Morgan fingerprint density at radius 3 is 2.88 bits per heavy atom. The maximum absolute atomic E-state index is 5.79. The fourth-order valence-corrected chi connectivity index (χ4v) is 2.11. The molecule has 84 valence electrons. The summed E-state index contributed by atoms with van der Waals surface area (Å²) in [5, 5.41) is 6.57. The molecule has 6 heteroatoms. The van der Waals surface area contributed by atoms with E-state index in [1.807, 2.05) is 12.3 Å². The number of hydrogen-bond acceptors (Lipinski definition) is 5. The summed E-state index contributed by atoms with van der Waals surface area (Å²) in [5.41, 5.74) is 7.24. The van der Waals surface area contributed by atoms with Crippen molar-refractivity contribution < 1.29 is 0 Å². The van der Waals surface area contributed by atoms with Crippen LogP contribution in [0.4, 0.5) is 11.5 Å². The van der Waals surface area contributed by atoms with Gasteiger partial charge in [-0.2, -0.15) is 0 Å². The molecule has 0 amide bonds. The second-order valence-corrected chi connectivity index (χ2v) is 4.77. The number of anilines is 2. The van der Waals surface area contributed by atoms with Crippen LogP contribution in [0.3, 0.4) is 0 Å². The summed E-state index contributed by atoms with van der Waals surface area (Å²) in [6.45, 7) is 2.60. The van der Waals surface area contributed by atoms with Crippen molar-refractivity contribution in [3.8, 4) is 0 Å². The standard InChI is InChI=1S/C10H11ClN4S/c1-6-14-8(5-16-6)4-13-10-3-7(12)2-9(11)15-10/h2-3,5H,4H2,1H3,(H3,12,13,15). The average molecular weight is 255 g/mol. The molecule has 4 nitrogen and oxygen atoms in total. The second-order valence-electron chi connectivity index (χ2n) is 3.32. The maximum Gasteiger partial charge on any atom is 0.133 e. The molecule has 0 aliphatic carbocycles. The van der Waals surface area contributed by atoms with Crippen molar-refractivity contribution in [3.05, 3.63) is 33.4 Å². The van der Waals surface area contributed by atoms with Crippen molar-refractivity contribution in [2.24, 2.45) is 0 Å². The van der Waals surface area contributed by atoms with Crippen LogP contribution in [-0.2, 0) is 6.54 Å². The van der Waals surface area contributed by atoms with Crippen LogP contribution in [0.2, 0.25) is 5.15 Å². The molecule has 0 unspecified atom stereocenters. The molecule has 3 N–H and O–H groups in total. The van der Waals surface area contributed by atoms with E-state index in [1.165, 1.54) is 0 Å². The van der Waals surface area contributed by atoms with Gasteiger partial charge in [0.25, 0.3) is 0 Å². The zero-order chi connectivity index (χ0) is 11.5. The molecule has 0 aliphatic heterocycles. The summed E-state index contributed by atoms with van der Waals surface area (Å²) < 4.78 is 0. The van der Waals surface area contributed by atoms with Crippen molar-refractivity contribution in [2.45, 2.75) is 13.5 Å². The van der Waals surface area contributed by atoms with Crippen LogP contribution in [0.5, 0.6) is 0 Å². The predicted octanol–water partition coefficient (Wildman–Crippen LogP) is 2.69. The number of halogens is 1. The number of thiazole rings is 1. The van der Waals surface area contributed by atoms with Crippen LogP contribution >= 0.6 is 22.9 Å². The number of rotatable bonds is 3. The summed E-state index contributed by atoms with van der Waals surface area (Å²) >= 11 is 7.41. The van der Waals surface area contributed by atoms with Gasteiger partial charge in [-0.3, -0.25) is 0 Å². The highest BCUT2D eigenvalue weighted by Crippen LogP contribution is 2.17. The number of hydrogen-bond donors (Lipinski definition) is 2. The maximum atomic E-state index is 5.79. The van der Waals surface area contributed by atoms with Gasteiger partial charge in [-0.15, -0.1) is 11.3 Å². The second kappa shape index (κ2) is 4.67. The number of nitrogens with one attached hydrogen (secondary N) is 1. The SMILES string of the molecule is Cc1nc(CNc2cc(N)cc(Cl)n2)cs1. The summed E-state index contributed by atoms with van der Waals surface area (Å²) in [4.78, 5) is 8.44. The minimum atomic E-state index is 0.386. The Morgan fingerprint density at radius 2 is 2.25 bits per heavy atom. The Kier molecular flexibility index (Phi) is 3.26. The number of nitrogen functional groups attached to an aromatic ring is 1. The van der Waals surface area contributed by atoms with Crippen molar-refractivity contribution >= 4 is 34.4 Å². The van der Waals surface area contributed by atoms with Gasteiger partial charge >= 0.3 is 0 Å². The van der Waals surface area contributed by atoms with E-state index in [-0.39, 0.29) is 0 Å². The molecule has 2 rings (SSSR count). The lowest BCUT2D eigenvalue weighted by molar-refractivity contribution is 1.04. The first-order chi connectivity index (χ1) is 7.63. The average Bonchev–Trinajstić information content (AvgIpc) is 2.60. The molecule has 0 saturated heterocycles. The fraction of sp³-hybridized carbons (Fsp3) is 0.200. The number of pyridine rings is 1. The Morgan fingerprint density at radius 1 is 1.44 bits per heavy atom. The minimum absolute atomic E-state index is 0.386. The third-order valence-corrected chi connectivity index (χ3v) is 2.95. The third-order valence-electron chi connectivity index (χ3n) is 1.93. The molecular formula is C10H11ClN4S. The Balaban J connectivity index is 2.04. The Hall–Kier alpha value is -1.33. The van der Waals surface area contributed by atoms with Gasteiger partial charge in [0, 0.05) is 17.1 Å². The predicted molar refractivity (Wildman–Crippen MR) is 67.8 cm³/mol. The molecule has 16 heavy (non-hydrogen) atoms. The molecule has 2 heterocycles. The topological polar surface area (TPSA) is 63.8 Å². The lowest BCUT2D eigenvalue weighted by atomic mass is 10.4. The van der Waals surface area contributed by atoms with Crippen LogP contribution in [0, 0.1) is 6.92 Å². The van der Waals surface area contributed by atoms with Crippen LogP contribution in [0.25, 0.3) is 0 Å². The first kappa shape index (κ1) is 11.2. The molecule has 0 radical (unpaired) electrons. The van der Waals surface area contributed by atoms with E-state index in [9.17, 15) is 0 Å². The lowest BCUT2D eigenvalue weighted by Gasteiger charge is -2.04. The van der Waals surface area contributed by atoms with Crippen molar-refractivity contribution in [1.29, 1.82) is 0 Å². The van der Waals surface area contributed by atoms with Crippen molar-refractivity contribution in [2.75, 3.05) is 11.1 Å². The first-order valence-electron chi connectivity index (χ1n) is 4.71. The molecule has 0 fully saturated rings. The van der Waals surface area contributed by atoms with Gasteiger partial charge in [0.05, 0.1) is 17.2 Å². The highest BCUT2D eigenvalue weighted by atomic mass is 35.5. The van der Waals surface area contributed by atoms with Gasteiger partial charge in [-0.25, -0.2) is 9.97 Å². The summed E-state index contributed by atoms with van der Waals surface area (Å²) in [6, 6.07) is 3.35. The van der Waals surface area contributed by atoms with Crippen LogP contribution in [0.15, 0.2) is 17.5 Å². The van der Waals surface area contributed by atoms with Crippen LogP contribution < -0.4 is 11.1 Å². The number of aromatic nitrogens is 2. The smallest absolute Gasteiger partial charge is 0.133 e. The van der Waals surface area contributed by atoms with Crippen molar-refractivity contribution in [3.63, 3.8) is 0 Å². The van der Waals surface area contributed by atoms with Gasteiger partial charge in [0.2, 0.25) is 0 Å². The van der Waals surface area contributed by atoms with E-state index < -0.39 is 0 Å².